The quantitative estimate of drug-likeness (QED) is 0.664. The SMILES string of the molecule is CNS(=O)(=O)c1ccc(/C=C/C(=O)NCC2(c3ccc(C)cc3)CCOCC2)cc1. The normalized spacial score (nSPS) is 16.5. The van der Waals surface area contributed by atoms with Crippen LogP contribution < -0.4 is 10.0 Å². The minimum absolute atomic E-state index is 0.126. The van der Waals surface area contributed by atoms with Gasteiger partial charge in [-0.05, 0) is 56.1 Å². The zero-order valence-corrected chi connectivity index (χ0v) is 18.2. The average molecular weight is 429 g/mol. The van der Waals surface area contributed by atoms with Crippen LogP contribution in [0.5, 0.6) is 0 Å². The summed E-state index contributed by atoms with van der Waals surface area (Å²) in [4.78, 5) is 12.6. The summed E-state index contributed by atoms with van der Waals surface area (Å²) in [5.74, 6) is -0.181. The second kappa shape index (κ2) is 9.55. The van der Waals surface area contributed by atoms with Gasteiger partial charge in [0.05, 0.1) is 4.90 Å². The number of sulfonamides is 1. The van der Waals surface area contributed by atoms with E-state index in [1.54, 1.807) is 18.2 Å². The zero-order chi connectivity index (χ0) is 21.6. The van der Waals surface area contributed by atoms with Crippen molar-refractivity contribution in [1.82, 2.24) is 10.0 Å². The van der Waals surface area contributed by atoms with Gasteiger partial charge in [-0.3, -0.25) is 4.79 Å². The minimum Gasteiger partial charge on any atom is -0.381 e. The molecule has 0 bridgehead atoms. The van der Waals surface area contributed by atoms with Gasteiger partial charge in [0.15, 0.2) is 0 Å². The number of carbonyl (C=O) groups is 1. The molecule has 2 N–H and O–H groups in total. The van der Waals surface area contributed by atoms with E-state index in [2.05, 4.69) is 41.2 Å². The number of carbonyl (C=O) groups excluding carboxylic acids is 1. The van der Waals surface area contributed by atoms with Crippen molar-refractivity contribution in [2.24, 2.45) is 0 Å². The monoisotopic (exact) mass is 428 g/mol. The molecule has 0 aliphatic carbocycles. The Bertz CT molecular complexity index is 991. The Morgan fingerprint density at radius 1 is 1.07 bits per heavy atom. The highest BCUT2D eigenvalue weighted by atomic mass is 32.2. The van der Waals surface area contributed by atoms with Crippen molar-refractivity contribution in [3.63, 3.8) is 0 Å². The van der Waals surface area contributed by atoms with Gasteiger partial charge in [-0.15, -0.1) is 0 Å². The van der Waals surface area contributed by atoms with Crippen molar-refractivity contribution in [3.05, 3.63) is 71.3 Å². The van der Waals surface area contributed by atoms with Crippen LogP contribution in [0.15, 0.2) is 59.5 Å². The van der Waals surface area contributed by atoms with Crippen molar-refractivity contribution < 1.29 is 17.9 Å². The molecule has 1 aliphatic heterocycles. The maximum atomic E-state index is 12.4. The Kier molecular flexibility index (Phi) is 7.07. The van der Waals surface area contributed by atoms with E-state index in [1.165, 1.54) is 36.4 Å². The summed E-state index contributed by atoms with van der Waals surface area (Å²) in [6.45, 7) is 3.97. The fourth-order valence-corrected chi connectivity index (χ4v) is 4.33. The van der Waals surface area contributed by atoms with Crippen molar-refractivity contribution in [3.8, 4) is 0 Å². The van der Waals surface area contributed by atoms with Crippen LogP contribution in [0.1, 0.15) is 29.5 Å². The number of benzene rings is 2. The lowest BCUT2D eigenvalue weighted by molar-refractivity contribution is -0.116. The molecule has 0 aromatic heterocycles. The number of ether oxygens (including phenoxy) is 1. The summed E-state index contributed by atoms with van der Waals surface area (Å²) in [6.07, 6.45) is 4.88. The van der Waals surface area contributed by atoms with Crippen LogP contribution in [0.4, 0.5) is 0 Å². The fourth-order valence-electron chi connectivity index (χ4n) is 3.60. The minimum atomic E-state index is -3.47. The first kappa shape index (κ1) is 22.2. The van der Waals surface area contributed by atoms with Gasteiger partial charge in [0.25, 0.3) is 0 Å². The van der Waals surface area contributed by atoms with Crippen LogP contribution in [-0.2, 0) is 25.0 Å². The van der Waals surface area contributed by atoms with E-state index in [0.717, 1.165) is 18.4 Å². The first-order chi connectivity index (χ1) is 14.3. The Balaban J connectivity index is 1.65. The molecular weight excluding hydrogens is 400 g/mol. The average Bonchev–Trinajstić information content (AvgIpc) is 2.77. The first-order valence-electron chi connectivity index (χ1n) is 9.99. The van der Waals surface area contributed by atoms with Crippen molar-refractivity contribution in [2.75, 3.05) is 26.8 Å². The summed E-state index contributed by atoms with van der Waals surface area (Å²) >= 11 is 0. The van der Waals surface area contributed by atoms with Gasteiger partial charge in [0, 0.05) is 31.2 Å². The lowest BCUT2D eigenvalue weighted by Gasteiger charge is -2.38. The lowest BCUT2D eigenvalue weighted by Crippen LogP contribution is -2.44. The summed E-state index contributed by atoms with van der Waals surface area (Å²) < 4.78 is 31.4. The number of rotatable bonds is 7. The molecule has 160 valence electrons. The number of aryl methyl sites for hydroxylation is 1. The summed E-state index contributed by atoms with van der Waals surface area (Å²) in [6, 6.07) is 14.8. The molecular formula is C23H28N2O4S. The van der Waals surface area contributed by atoms with Crippen molar-refractivity contribution in [2.45, 2.75) is 30.1 Å². The number of nitrogens with one attached hydrogen (secondary N) is 2. The molecule has 1 heterocycles. The predicted molar refractivity (Wildman–Crippen MR) is 118 cm³/mol. The van der Waals surface area contributed by atoms with Crippen LogP contribution in [0, 0.1) is 6.92 Å². The van der Waals surface area contributed by atoms with Crippen molar-refractivity contribution >= 4 is 22.0 Å². The topological polar surface area (TPSA) is 84.5 Å². The Morgan fingerprint density at radius 3 is 2.30 bits per heavy atom. The second-order valence-corrected chi connectivity index (χ2v) is 9.47. The molecule has 6 nitrogen and oxygen atoms in total. The largest absolute Gasteiger partial charge is 0.381 e. The van der Waals surface area contributed by atoms with E-state index in [-0.39, 0.29) is 16.2 Å². The smallest absolute Gasteiger partial charge is 0.244 e. The maximum Gasteiger partial charge on any atom is 0.244 e. The summed E-state index contributed by atoms with van der Waals surface area (Å²) in [7, 11) is -2.10. The van der Waals surface area contributed by atoms with Gasteiger partial charge in [0.2, 0.25) is 15.9 Å². The third-order valence-corrected chi connectivity index (χ3v) is 7.03. The van der Waals surface area contributed by atoms with Crippen LogP contribution in [0.2, 0.25) is 0 Å². The molecule has 2 aromatic carbocycles. The fraction of sp³-hybridized carbons (Fsp3) is 0.348. The van der Waals surface area contributed by atoms with Gasteiger partial charge in [-0.2, -0.15) is 0 Å². The van der Waals surface area contributed by atoms with E-state index < -0.39 is 10.0 Å². The number of hydrogen-bond donors (Lipinski definition) is 2. The highest BCUT2D eigenvalue weighted by Crippen LogP contribution is 2.34. The lowest BCUT2D eigenvalue weighted by atomic mass is 9.74. The molecule has 7 heteroatoms. The zero-order valence-electron chi connectivity index (χ0n) is 17.4. The van der Waals surface area contributed by atoms with E-state index in [1.807, 2.05) is 0 Å². The molecule has 1 aliphatic rings. The second-order valence-electron chi connectivity index (χ2n) is 7.59. The van der Waals surface area contributed by atoms with E-state index in [9.17, 15) is 13.2 Å². The number of hydrogen-bond acceptors (Lipinski definition) is 4. The van der Waals surface area contributed by atoms with Gasteiger partial charge in [-0.1, -0.05) is 42.0 Å². The molecule has 3 rings (SSSR count). The maximum absolute atomic E-state index is 12.4. The van der Waals surface area contributed by atoms with Crippen LogP contribution in [-0.4, -0.2) is 41.1 Å². The highest BCUT2D eigenvalue weighted by molar-refractivity contribution is 7.89. The van der Waals surface area contributed by atoms with E-state index >= 15 is 0 Å². The molecule has 1 fully saturated rings. The molecule has 0 atom stereocenters. The molecule has 2 aromatic rings. The predicted octanol–water partition coefficient (Wildman–Crippen LogP) is 2.78. The summed E-state index contributed by atoms with van der Waals surface area (Å²) in [5, 5.41) is 3.03. The van der Waals surface area contributed by atoms with Gasteiger partial charge < -0.3 is 10.1 Å². The Morgan fingerprint density at radius 2 is 1.70 bits per heavy atom. The van der Waals surface area contributed by atoms with Gasteiger partial charge in [0.1, 0.15) is 0 Å². The van der Waals surface area contributed by atoms with Crippen LogP contribution in [0.3, 0.4) is 0 Å². The molecule has 30 heavy (non-hydrogen) atoms. The molecule has 0 spiro atoms. The third kappa shape index (κ3) is 5.36. The van der Waals surface area contributed by atoms with E-state index in [4.69, 9.17) is 4.74 Å². The first-order valence-corrected chi connectivity index (χ1v) is 11.5. The van der Waals surface area contributed by atoms with Gasteiger partial charge in [-0.25, -0.2) is 13.1 Å². The van der Waals surface area contributed by atoms with E-state index in [0.29, 0.717) is 19.8 Å². The highest BCUT2D eigenvalue weighted by Gasteiger charge is 2.34. The molecule has 0 unspecified atom stereocenters. The Hall–Kier alpha value is -2.48. The van der Waals surface area contributed by atoms with Gasteiger partial charge >= 0.3 is 0 Å². The summed E-state index contributed by atoms with van der Waals surface area (Å²) in [5.41, 5.74) is 3.06. The molecule has 0 radical (unpaired) electrons. The number of amides is 1. The van der Waals surface area contributed by atoms with Crippen LogP contribution >= 0.6 is 0 Å². The Labute approximate surface area is 178 Å². The molecule has 1 saturated heterocycles. The standard InChI is InChI=1S/C23H28N2O4S/c1-18-3-8-20(9-4-18)23(13-15-29-16-14-23)17-25-22(26)12-7-19-5-10-21(11-6-19)30(27,28)24-2/h3-12,24H,13-17H2,1-2H3,(H,25,26)/b12-7+. The third-order valence-electron chi connectivity index (χ3n) is 5.60. The van der Waals surface area contributed by atoms with Crippen molar-refractivity contribution in [1.29, 1.82) is 0 Å². The molecule has 0 saturated carbocycles. The van der Waals surface area contributed by atoms with Crippen LogP contribution in [0.25, 0.3) is 6.08 Å². The molecule has 1 amide bonds.